The van der Waals surface area contributed by atoms with Crippen LogP contribution in [0.1, 0.15) is 46.0 Å². The topological polar surface area (TPSA) is 64.1 Å². The van der Waals surface area contributed by atoms with Crippen LogP contribution in [0.2, 0.25) is 5.02 Å². The lowest BCUT2D eigenvalue weighted by molar-refractivity contribution is 0.522. The van der Waals surface area contributed by atoms with Crippen LogP contribution in [-0.2, 0) is 0 Å². The van der Waals surface area contributed by atoms with Gasteiger partial charge in [-0.25, -0.2) is 4.39 Å². The van der Waals surface area contributed by atoms with E-state index in [4.69, 9.17) is 23.1 Å². The summed E-state index contributed by atoms with van der Waals surface area (Å²) in [4.78, 5) is 0. The average molecular weight is 302 g/mol. The van der Waals surface area contributed by atoms with E-state index in [9.17, 15) is 4.39 Å². The number of rotatable bonds is 8. The molecule has 0 radical (unpaired) electrons. The van der Waals surface area contributed by atoms with E-state index in [0.717, 1.165) is 18.8 Å². The minimum absolute atomic E-state index is 0.0707. The maximum Gasteiger partial charge on any atom is 0.169 e. The van der Waals surface area contributed by atoms with Crippen LogP contribution in [0.5, 0.6) is 0 Å². The van der Waals surface area contributed by atoms with Gasteiger partial charge in [0.1, 0.15) is 5.02 Å². The lowest BCUT2D eigenvalue weighted by Gasteiger charge is -2.13. The molecule has 0 fully saturated rings. The molecule has 114 valence electrons. The molecule has 0 spiro atoms. The second kappa shape index (κ2) is 8.20. The van der Waals surface area contributed by atoms with Crippen molar-refractivity contribution in [1.82, 2.24) is 0 Å². The van der Waals surface area contributed by atoms with Gasteiger partial charge >= 0.3 is 0 Å². The molecule has 3 nitrogen and oxygen atoms in total. The number of benzene rings is 1. The van der Waals surface area contributed by atoms with E-state index in [0.29, 0.717) is 12.2 Å². The molecule has 0 saturated carbocycles. The zero-order valence-corrected chi connectivity index (χ0v) is 13.1. The van der Waals surface area contributed by atoms with E-state index in [2.05, 4.69) is 19.2 Å². The molecule has 0 heterocycles. The zero-order valence-electron chi connectivity index (χ0n) is 12.3. The Morgan fingerprint density at radius 3 is 2.45 bits per heavy atom. The Labute approximate surface area is 125 Å². The smallest absolute Gasteiger partial charge is 0.169 e. The van der Waals surface area contributed by atoms with Gasteiger partial charge in [0.2, 0.25) is 0 Å². The molecule has 0 saturated heterocycles. The molecule has 0 aromatic heterocycles. The minimum Gasteiger partial charge on any atom is -0.397 e. The summed E-state index contributed by atoms with van der Waals surface area (Å²) in [5.41, 5.74) is 12.0. The van der Waals surface area contributed by atoms with Gasteiger partial charge in [-0.3, -0.25) is 0 Å². The van der Waals surface area contributed by atoms with Crippen LogP contribution >= 0.6 is 11.6 Å². The third kappa shape index (κ3) is 5.08. The van der Waals surface area contributed by atoms with Crippen LogP contribution in [0, 0.1) is 11.7 Å². The molecule has 0 unspecified atom stereocenters. The fourth-order valence-corrected chi connectivity index (χ4v) is 2.24. The van der Waals surface area contributed by atoms with Gasteiger partial charge in [0.15, 0.2) is 5.82 Å². The van der Waals surface area contributed by atoms with Crippen molar-refractivity contribution in [1.29, 1.82) is 0 Å². The number of halogens is 2. The summed E-state index contributed by atoms with van der Waals surface area (Å²) in [5.74, 6) is 0.197. The Morgan fingerprint density at radius 2 is 1.80 bits per heavy atom. The second-order valence-electron chi connectivity index (χ2n) is 5.58. The third-order valence-electron chi connectivity index (χ3n) is 3.28. The van der Waals surface area contributed by atoms with Crippen molar-refractivity contribution in [2.45, 2.75) is 46.0 Å². The second-order valence-corrected chi connectivity index (χ2v) is 5.96. The van der Waals surface area contributed by atoms with Gasteiger partial charge in [-0.05, 0) is 18.4 Å². The SMILES string of the molecule is CC(C)CCCCCCNc1c(N)cc(N)c(Cl)c1F. The first-order valence-corrected chi connectivity index (χ1v) is 7.58. The summed E-state index contributed by atoms with van der Waals surface area (Å²) in [6.45, 7) is 5.15. The highest BCUT2D eigenvalue weighted by Crippen LogP contribution is 2.33. The van der Waals surface area contributed by atoms with E-state index in [1.807, 2.05) is 0 Å². The monoisotopic (exact) mass is 301 g/mol. The van der Waals surface area contributed by atoms with Crippen molar-refractivity contribution in [2.75, 3.05) is 23.3 Å². The Hall–Kier alpha value is -1.16. The third-order valence-corrected chi connectivity index (χ3v) is 3.66. The van der Waals surface area contributed by atoms with Gasteiger partial charge in [0.25, 0.3) is 0 Å². The van der Waals surface area contributed by atoms with Gasteiger partial charge in [-0.1, -0.05) is 51.1 Å². The maximum atomic E-state index is 13.9. The largest absolute Gasteiger partial charge is 0.397 e. The molecule has 5 N–H and O–H groups in total. The molecule has 5 heteroatoms. The number of unbranched alkanes of at least 4 members (excludes halogenated alkanes) is 3. The van der Waals surface area contributed by atoms with Gasteiger partial charge < -0.3 is 16.8 Å². The number of nitrogens with one attached hydrogen (secondary N) is 1. The summed E-state index contributed by atoms with van der Waals surface area (Å²) in [6, 6.07) is 1.48. The molecule has 0 bridgehead atoms. The van der Waals surface area contributed by atoms with E-state index >= 15 is 0 Å². The highest BCUT2D eigenvalue weighted by atomic mass is 35.5. The van der Waals surface area contributed by atoms with Crippen molar-refractivity contribution >= 4 is 28.7 Å². The Bertz CT molecular complexity index is 436. The van der Waals surface area contributed by atoms with Crippen molar-refractivity contribution in [3.8, 4) is 0 Å². The van der Waals surface area contributed by atoms with Crippen LogP contribution in [0.3, 0.4) is 0 Å². The summed E-state index contributed by atoms with van der Waals surface area (Å²) in [6.07, 6.45) is 5.84. The predicted molar refractivity (Wildman–Crippen MR) is 86.6 cm³/mol. The van der Waals surface area contributed by atoms with E-state index in [1.54, 1.807) is 0 Å². The van der Waals surface area contributed by atoms with Crippen molar-refractivity contribution in [3.63, 3.8) is 0 Å². The Kier molecular flexibility index (Phi) is 6.93. The highest BCUT2D eigenvalue weighted by molar-refractivity contribution is 6.33. The summed E-state index contributed by atoms with van der Waals surface area (Å²) in [7, 11) is 0. The molecule has 0 aliphatic heterocycles. The highest BCUT2D eigenvalue weighted by Gasteiger charge is 2.13. The molecule has 1 aromatic rings. The lowest BCUT2D eigenvalue weighted by Crippen LogP contribution is -2.08. The standard InChI is InChI=1S/C15H25ClFN3/c1-10(2)7-5-3-4-6-8-20-15-12(19)9-11(18)13(16)14(15)17/h9-10,20H,3-8,18-19H2,1-2H3. The summed E-state index contributed by atoms with van der Waals surface area (Å²) < 4.78 is 13.9. The van der Waals surface area contributed by atoms with Gasteiger partial charge in [0.05, 0.1) is 17.1 Å². The van der Waals surface area contributed by atoms with Crippen LogP contribution in [0.15, 0.2) is 6.07 Å². The zero-order chi connectivity index (χ0) is 15.1. The number of anilines is 3. The quantitative estimate of drug-likeness (QED) is 0.483. The van der Waals surface area contributed by atoms with Crippen LogP contribution in [0.4, 0.5) is 21.5 Å². The molecule has 0 amide bonds. The first kappa shape index (κ1) is 16.9. The molecule has 1 rings (SSSR count). The molecule has 0 aliphatic rings. The summed E-state index contributed by atoms with van der Waals surface area (Å²) >= 11 is 5.77. The van der Waals surface area contributed by atoms with Crippen molar-refractivity contribution < 1.29 is 4.39 Å². The lowest BCUT2D eigenvalue weighted by atomic mass is 10.0. The van der Waals surface area contributed by atoms with Crippen LogP contribution < -0.4 is 16.8 Å². The fraction of sp³-hybridized carbons (Fsp3) is 0.600. The summed E-state index contributed by atoms with van der Waals surface area (Å²) in [5, 5.41) is 2.94. The first-order valence-electron chi connectivity index (χ1n) is 7.20. The molecular weight excluding hydrogens is 277 g/mol. The van der Waals surface area contributed by atoms with Crippen LogP contribution in [-0.4, -0.2) is 6.54 Å². The van der Waals surface area contributed by atoms with E-state index < -0.39 is 5.82 Å². The van der Waals surface area contributed by atoms with E-state index in [1.165, 1.54) is 25.3 Å². The predicted octanol–water partition coefficient (Wildman–Crippen LogP) is 4.66. The first-order chi connectivity index (χ1) is 9.43. The number of nitrogens with two attached hydrogens (primary N) is 2. The Balaban J connectivity index is 2.34. The number of hydrogen-bond donors (Lipinski definition) is 3. The van der Waals surface area contributed by atoms with Gasteiger partial charge in [-0.15, -0.1) is 0 Å². The molecule has 0 aliphatic carbocycles. The number of hydrogen-bond acceptors (Lipinski definition) is 3. The fourth-order valence-electron chi connectivity index (χ4n) is 2.09. The Morgan fingerprint density at radius 1 is 1.15 bits per heavy atom. The molecular formula is C15H25ClFN3. The van der Waals surface area contributed by atoms with E-state index in [-0.39, 0.29) is 16.4 Å². The molecule has 1 aromatic carbocycles. The average Bonchev–Trinajstić information content (AvgIpc) is 2.38. The maximum absolute atomic E-state index is 13.9. The van der Waals surface area contributed by atoms with Gasteiger partial charge in [0, 0.05) is 6.54 Å². The van der Waals surface area contributed by atoms with Crippen molar-refractivity contribution in [3.05, 3.63) is 16.9 Å². The minimum atomic E-state index is -0.566. The normalized spacial score (nSPS) is 11.1. The molecule has 0 atom stereocenters. The van der Waals surface area contributed by atoms with Gasteiger partial charge in [-0.2, -0.15) is 0 Å². The van der Waals surface area contributed by atoms with Crippen molar-refractivity contribution in [2.24, 2.45) is 5.92 Å². The number of nitrogen functional groups attached to an aromatic ring is 2. The van der Waals surface area contributed by atoms with Crippen LogP contribution in [0.25, 0.3) is 0 Å². The molecule has 20 heavy (non-hydrogen) atoms.